The molecule has 6 rings (SSSR count). The summed E-state index contributed by atoms with van der Waals surface area (Å²) in [6, 6.07) is 6.30. The Bertz CT molecular complexity index is 1080. The number of nitrogens with zero attached hydrogens (tertiary/aromatic N) is 5. The third kappa shape index (κ3) is 3.58. The van der Waals surface area contributed by atoms with Crippen LogP contribution in [0.25, 0.3) is 10.9 Å². The van der Waals surface area contributed by atoms with E-state index in [9.17, 15) is 0 Å². The Kier molecular flexibility index (Phi) is 4.47. The Morgan fingerprint density at radius 3 is 2.97 bits per heavy atom. The van der Waals surface area contributed by atoms with Gasteiger partial charge in [0.05, 0.1) is 29.9 Å². The summed E-state index contributed by atoms with van der Waals surface area (Å²) in [7, 11) is 0. The molecule has 1 aliphatic carbocycles. The van der Waals surface area contributed by atoms with E-state index in [0.717, 1.165) is 60.0 Å². The highest BCUT2D eigenvalue weighted by Crippen LogP contribution is 2.37. The molecule has 8 nitrogen and oxygen atoms in total. The van der Waals surface area contributed by atoms with Crippen LogP contribution >= 0.6 is 0 Å². The normalized spacial score (nSPS) is 27.8. The Hall–Kier alpha value is -2.90. The highest BCUT2D eigenvalue weighted by atomic mass is 16.5. The van der Waals surface area contributed by atoms with Crippen LogP contribution in [0.2, 0.25) is 0 Å². The van der Waals surface area contributed by atoms with Crippen LogP contribution < -0.4 is 4.74 Å². The van der Waals surface area contributed by atoms with Crippen molar-refractivity contribution in [2.24, 2.45) is 20.9 Å². The number of fused-ring (bicyclic) bond motifs is 2. The highest BCUT2D eigenvalue weighted by molar-refractivity contribution is 5.92. The molecule has 1 aromatic carbocycles. The maximum atomic E-state index is 6.20. The van der Waals surface area contributed by atoms with Gasteiger partial charge in [0.25, 0.3) is 0 Å². The molecule has 3 atom stereocenters. The molecule has 3 unspecified atom stereocenters. The zero-order valence-corrected chi connectivity index (χ0v) is 18.0. The maximum Gasteiger partial charge on any atom is 0.187 e. The lowest BCUT2D eigenvalue weighted by atomic mass is 10.0. The summed E-state index contributed by atoms with van der Waals surface area (Å²) in [5.74, 6) is 3.51. The van der Waals surface area contributed by atoms with Crippen LogP contribution in [-0.2, 0) is 4.74 Å². The van der Waals surface area contributed by atoms with Crippen molar-refractivity contribution in [3.63, 3.8) is 0 Å². The molecule has 0 radical (unpaired) electrons. The van der Waals surface area contributed by atoms with Crippen molar-refractivity contribution in [2.75, 3.05) is 13.1 Å². The number of ether oxygens (including phenoxy) is 2. The van der Waals surface area contributed by atoms with Gasteiger partial charge in [0, 0.05) is 24.3 Å². The Morgan fingerprint density at radius 1 is 1.23 bits per heavy atom. The molecule has 1 N–H and O–H groups in total. The van der Waals surface area contributed by atoms with Crippen LogP contribution in [0.3, 0.4) is 0 Å². The van der Waals surface area contributed by atoms with E-state index in [2.05, 4.69) is 31.1 Å². The van der Waals surface area contributed by atoms with Crippen LogP contribution in [0.15, 0.2) is 33.2 Å². The number of rotatable bonds is 4. The molecular weight excluding hydrogens is 392 g/mol. The smallest absolute Gasteiger partial charge is 0.187 e. The van der Waals surface area contributed by atoms with Gasteiger partial charge in [-0.1, -0.05) is 0 Å². The second-order valence-electron chi connectivity index (χ2n) is 9.21. The number of aliphatic imine (C=N–C) groups is 3. The van der Waals surface area contributed by atoms with Gasteiger partial charge in [-0.15, -0.1) is 0 Å². The largest absolute Gasteiger partial charge is 0.491 e. The fourth-order valence-corrected chi connectivity index (χ4v) is 4.74. The molecule has 1 saturated heterocycles. The molecule has 1 aromatic heterocycles. The SMILES string of the molecule is CC(C)Oc1ccc2n[nH]c(C3CC(N4CCC5N=C(C6CC6)OC5C4)=NC=N3)c2c1. The molecule has 162 valence electrons. The molecule has 0 spiro atoms. The van der Waals surface area contributed by atoms with E-state index in [1.54, 1.807) is 6.34 Å². The number of likely N-dealkylation sites (tertiary alicyclic amines) is 1. The molecule has 2 aromatic rings. The Morgan fingerprint density at radius 2 is 2.13 bits per heavy atom. The van der Waals surface area contributed by atoms with Gasteiger partial charge in [-0.05, 0) is 51.3 Å². The number of aromatic amines is 1. The number of hydrogen-bond donors (Lipinski definition) is 1. The van der Waals surface area contributed by atoms with E-state index < -0.39 is 0 Å². The summed E-state index contributed by atoms with van der Waals surface area (Å²) < 4.78 is 12.1. The first kappa shape index (κ1) is 18.8. The quantitative estimate of drug-likeness (QED) is 0.820. The third-order valence-electron chi connectivity index (χ3n) is 6.47. The first-order valence-electron chi connectivity index (χ1n) is 11.4. The van der Waals surface area contributed by atoms with Crippen molar-refractivity contribution in [3.05, 3.63) is 23.9 Å². The van der Waals surface area contributed by atoms with Crippen molar-refractivity contribution in [1.82, 2.24) is 15.1 Å². The molecular formula is C23H28N6O2. The number of benzene rings is 1. The van der Waals surface area contributed by atoms with Gasteiger partial charge in [0.1, 0.15) is 30.1 Å². The van der Waals surface area contributed by atoms with Crippen LogP contribution in [0.4, 0.5) is 0 Å². The van der Waals surface area contributed by atoms with Crippen molar-refractivity contribution in [1.29, 1.82) is 0 Å². The number of piperidine rings is 1. The predicted octanol–water partition coefficient (Wildman–Crippen LogP) is 3.50. The third-order valence-corrected chi connectivity index (χ3v) is 6.47. The molecule has 0 bridgehead atoms. The molecule has 4 aliphatic rings. The lowest BCUT2D eigenvalue weighted by Crippen LogP contribution is -2.48. The molecule has 4 heterocycles. The average Bonchev–Trinajstić information content (AvgIpc) is 3.40. The molecule has 8 heteroatoms. The molecule has 31 heavy (non-hydrogen) atoms. The van der Waals surface area contributed by atoms with Crippen molar-refractivity contribution in [2.45, 2.75) is 63.8 Å². The summed E-state index contributed by atoms with van der Waals surface area (Å²) >= 11 is 0. The molecule has 0 amide bonds. The Balaban J connectivity index is 1.18. The first-order chi connectivity index (χ1) is 15.1. The van der Waals surface area contributed by atoms with Crippen LogP contribution in [0.1, 0.15) is 51.3 Å². The van der Waals surface area contributed by atoms with Gasteiger partial charge < -0.3 is 14.4 Å². The second-order valence-corrected chi connectivity index (χ2v) is 9.21. The van der Waals surface area contributed by atoms with Gasteiger partial charge in [0.2, 0.25) is 0 Å². The maximum absolute atomic E-state index is 6.20. The molecule has 2 fully saturated rings. The fourth-order valence-electron chi connectivity index (χ4n) is 4.74. The minimum atomic E-state index is -0.0349. The van der Waals surface area contributed by atoms with Crippen LogP contribution in [-0.4, -0.2) is 64.5 Å². The van der Waals surface area contributed by atoms with Gasteiger partial charge in [0.15, 0.2) is 5.90 Å². The van der Waals surface area contributed by atoms with Crippen molar-refractivity contribution >= 4 is 29.0 Å². The van der Waals surface area contributed by atoms with Crippen molar-refractivity contribution in [3.8, 4) is 5.75 Å². The summed E-state index contributed by atoms with van der Waals surface area (Å²) in [4.78, 5) is 16.5. The van der Waals surface area contributed by atoms with Crippen LogP contribution in [0.5, 0.6) is 5.75 Å². The molecule has 1 saturated carbocycles. The minimum absolute atomic E-state index is 0.0349. The van der Waals surface area contributed by atoms with Gasteiger partial charge >= 0.3 is 0 Å². The second kappa shape index (κ2) is 7.35. The molecule has 3 aliphatic heterocycles. The first-order valence-corrected chi connectivity index (χ1v) is 11.4. The summed E-state index contributed by atoms with van der Waals surface area (Å²) in [5.41, 5.74) is 1.94. The van der Waals surface area contributed by atoms with Crippen LogP contribution in [0, 0.1) is 5.92 Å². The fraction of sp³-hybridized carbons (Fsp3) is 0.565. The lowest BCUT2D eigenvalue weighted by Gasteiger charge is -2.36. The topological polar surface area (TPSA) is 87.5 Å². The van der Waals surface area contributed by atoms with E-state index in [-0.39, 0.29) is 18.2 Å². The number of H-pyrrole nitrogens is 1. The Labute approximate surface area is 181 Å². The van der Waals surface area contributed by atoms with E-state index in [4.69, 9.17) is 14.5 Å². The average molecular weight is 421 g/mol. The summed E-state index contributed by atoms with van der Waals surface area (Å²) in [5, 5.41) is 8.75. The predicted molar refractivity (Wildman–Crippen MR) is 120 cm³/mol. The van der Waals surface area contributed by atoms with E-state index in [1.165, 1.54) is 12.8 Å². The minimum Gasteiger partial charge on any atom is -0.491 e. The number of hydrogen-bond acceptors (Lipinski definition) is 7. The summed E-state index contributed by atoms with van der Waals surface area (Å²) in [6.07, 6.45) is 6.21. The number of nitrogens with one attached hydrogen (secondary N) is 1. The standard InChI is InChI=1S/C23H28N6O2/c1-13(2)30-15-5-6-17-16(9-15)22(28-27-17)19-10-21(25-12-24-19)29-8-7-18-20(11-29)31-23(26-18)14-3-4-14/h5-6,9,12-14,18-20H,3-4,7-8,10-11H2,1-2H3,(H,27,28). The number of amidine groups is 1. The monoisotopic (exact) mass is 420 g/mol. The van der Waals surface area contributed by atoms with Gasteiger partial charge in [-0.3, -0.25) is 10.1 Å². The van der Waals surface area contributed by atoms with Crippen molar-refractivity contribution < 1.29 is 9.47 Å². The van der Waals surface area contributed by atoms with Gasteiger partial charge in [-0.2, -0.15) is 5.10 Å². The highest BCUT2D eigenvalue weighted by Gasteiger charge is 2.42. The van der Waals surface area contributed by atoms with E-state index in [0.29, 0.717) is 12.0 Å². The summed E-state index contributed by atoms with van der Waals surface area (Å²) in [6.45, 7) is 5.87. The van der Waals surface area contributed by atoms with Gasteiger partial charge in [-0.25, -0.2) is 9.98 Å². The number of aromatic nitrogens is 2. The zero-order chi connectivity index (χ0) is 20.9. The van der Waals surface area contributed by atoms with E-state index in [1.807, 2.05) is 26.0 Å². The lowest BCUT2D eigenvalue weighted by molar-refractivity contribution is 0.117. The zero-order valence-electron chi connectivity index (χ0n) is 18.0. The van der Waals surface area contributed by atoms with E-state index >= 15 is 0 Å².